The van der Waals surface area contributed by atoms with E-state index in [-0.39, 0.29) is 28.4 Å². The summed E-state index contributed by atoms with van der Waals surface area (Å²) in [6.45, 7) is 0. The van der Waals surface area contributed by atoms with Gasteiger partial charge in [0, 0.05) is 17.0 Å². The van der Waals surface area contributed by atoms with Gasteiger partial charge in [-0.2, -0.15) is 74.6 Å². The summed E-state index contributed by atoms with van der Waals surface area (Å²) in [6, 6.07) is 0. The summed E-state index contributed by atoms with van der Waals surface area (Å²) in [5.41, 5.74) is 0. The van der Waals surface area contributed by atoms with Crippen LogP contribution in [0.15, 0.2) is 20.6 Å². The predicted molar refractivity (Wildman–Crippen MR) is 85.3 cm³/mol. The molecule has 0 aliphatic carbocycles. The average Bonchev–Trinajstić information content (AvgIpc) is 3.17. The van der Waals surface area contributed by atoms with Gasteiger partial charge in [0.2, 0.25) is 0 Å². The third-order valence-electron chi connectivity index (χ3n) is 4.31. The zero-order chi connectivity index (χ0) is 30.3. The van der Waals surface area contributed by atoms with Crippen molar-refractivity contribution in [3.05, 3.63) is 10.8 Å². The van der Waals surface area contributed by atoms with Gasteiger partial charge < -0.3 is 0 Å². The van der Waals surface area contributed by atoms with Gasteiger partial charge in [0.05, 0.1) is 4.90 Å². The maximum Gasteiger partial charge on any atom is 0.460 e. The van der Waals surface area contributed by atoms with Crippen molar-refractivity contribution in [1.29, 1.82) is 0 Å². The number of alkyl halides is 17. The molecule has 0 aliphatic rings. The molecule has 0 atom stereocenters. The second kappa shape index (κ2) is 8.45. The molecule has 0 saturated carbocycles. The first kappa shape index (κ1) is 33.4. The Bertz CT molecular complexity index is 1240. The van der Waals surface area contributed by atoms with Gasteiger partial charge in [-0.25, -0.2) is 16.8 Å². The van der Waals surface area contributed by atoms with Crippen LogP contribution in [0.4, 0.5) is 74.6 Å². The highest BCUT2D eigenvalue weighted by atomic mass is 32.2. The van der Waals surface area contributed by atoms with Gasteiger partial charge in [0.25, 0.3) is 9.84 Å². The Hall–Kier alpha value is -1.59. The Kier molecular flexibility index (Phi) is 7.64. The van der Waals surface area contributed by atoms with Crippen LogP contribution >= 0.6 is 11.3 Å². The minimum atomic E-state index is -8.96. The van der Waals surface area contributed by atoms with Crippen LogP contribution in [-0.4, -0.2) is 70.1 Å². The summed E-state index contributed by atoms with van der Waals surface area (Å²) >= 11 is -0.209. The molecular formula is C13H5F17O4S3. The van der Waals surface area contributed by atoms with Gasteiger partial charge in [-0.05, 0) is 0 Å². The maximum absolute atomic E-state index is 14.1. The summed E-state index contributed by atoms with van der Waals surface area (Å²) < 4.78 is 272. The Morgan fingerprint density at radius 3 is 1.14 bits per heavy atom. The second-order valence-electron chi connectivity index (χ2n) is 6.84. The monoisotopic (exact) mass is 644 g/mol. The van der Waals surface area contributed by atoms with Gasteiger partial charge in [0.15, 0.2) is 9.84 Å². The van der Waals surface area contributed by atoms with E-state index in [2.05, 4.69) is 0 Å². The van der Waals surface area contributed by atoms with E-state index in [4.69, 9.17) is 0 Å². The van der Waals surface area contributed by atoms with Crippen molar-refractivity contribution >= 4 is 31.0 Å². The first-order valence-electron chi connectivity index (χ1n) is 7.95. The highest BCUT2D eigenvalue weighted by Gasteiger charge is 2.96. The van der Waals surface area contributed by atoms with E-state index < -0.39 is 76.4 Å². The molecule has 0 amide bonds. The first-order chi connectivity index (χ1) is 15.7. The summed E-state index contributed by atoms with van der Waals surface area (Å²) in [6.07, 6.45) is -7.90. The minimum Gasteiger partial charge on any atom is -0.224 e. The highest BCUT2D eigenvalue weighted by molar-refractivity contribution is 7.95. The predicted octanol–water partition coefficient (Wildman–Crippen LogP) is 5.89. The molecule has 0 unspecified atom stereocenters. The van der Waals surface area contributed by atoms with Crippen LogP contribution in [0.2, 0.25) is 0 Å². The Morgan fingerprint density at radius 1 is 0.514 bits per heavy atom. The van der Waals surface area contributed by atoms with Crippen LogP contribution in [0.5, 0.6) is 0 Å². The third-order valence-corrected chi connectivity index (χ3v) is 8.47. The maximum atomic E-state index is 14.1. The quantitative estimate of drug-likeness (QED) is 0.315. The van der Waals surface area contributed by atoms with E-state index >= 15 is 0 Å². The molecule has 4 nitrogen and oxygen atoms in total. The van der Waals surface area contributed by atoms with Crippen molar-refractivity contribution in [3.8, 4) is 0 Å². The van der Waals surface area contributed by atoms with Gasteiger partial charge >= 0.3 is 47.0 Å². The average molecular weight is 644 g/mol. The van der Waals surface area contributed by atoms with Gasteiger partial charge in [0.1, 0.15) is 4.90 Å². The number of sulfone groups is 2. The SMILES string of the molecule is CS(=O)(=O)c1cscc1S(=O)(=O)C(F)(F)C(F)(F)C(F)(F)C(F)(F)C(F)(F)C(F)(F)C(F)(F)C(F)(F)F. The van der Waals surface area contributed by atoms with Crippen molar-refractivity contribution in [3.63, 3.8) is 0 Å². The van der Waals surface area contributed by atoms with Crippen LogP contribution in [0.1, 0.15) is 0 Å². The molecule has 0 aliphatic heterocycles. The molecule has 1 aromatic rings. The molecule has 218 valence electrons. The molecule has 0 saturated heterocycles. The number of hydrogen-bond donors (Lipinski definition) is 0. The Balaban J connectivity index is 3.90. The molecule has 0 aromatic carbocycles. The molecule has 0 fully saturated rings. The zero-order valence-corrected chi connectivity index (χ0v) is 18.9. The molecule has 0 N–H and O–H groups in total. The van der Waals surface area contributed by atoms with Gasteiger partial charge in [-0.15, -0.1) is 11.3 Å². The fourth-order valence-corrected chi connectivity index (χ4v) is 6.73. The lowest BCUT2D eigenvalue weighted by atomic mass is 9.91. The molecule has 1 aromatic heterocycles. The molecule has 0 spiro atoms. The molecule has 0 radical (unpaired) electrons. The number of rotatable bonds is 9. The highest BCUT2D eigenvalue weighted by Crippen LogP contribution is 2.64. The molecule has 0 bridgehead atoms. The topological polar surface area (TPSA) is 68.3 Å². The molecule has 1 heterocycles. The summed E-state index contributed by atoms with van der Waals surface area (Å²) in [5, 5.41) is -7.97. The lowest BCUT2D eigenvalue weighted by Gasteiger charge is -2.42. The van der Waals surface area contributed by atoms with E-state index in [9.17, 15) is 91.5 Å². The van der Waals surface area contributed by atoms with Crippen LogP contribution in [0, 0.1) is 0 Å². The van der Waals surface area contributed by atoms with Gasteiger partial charge in [-0.3, -0.25) is 0 Å². The van der Waals surface area contributed by atoms with Crippen molar-refractivity contribution in [2.24, 2.45) is 0 Å². The van der Waals surface area contributed by atoms with Crippen molar-refractivity contribution in [2.75, 3.05) is 6.26 Å². The fraction of sp³-hybridized carbons (Fsp3) is 0.692. The minimum absolute atomic E-state index is 0.0244. The van der Waals surface area contributed by atoms with Crippen LogP contribution in [0.25, 0.3) is 0 Å². The van der Waals surface area contributed by atoms with E-state index in [0.717, 1.165) is 0 Å². The number of halogens is 17. The second-order valence-corrected chi connectivity index (χ2v) is 11.5. The first-order valence-corrected chi connectivity index (χ1v) is 12.3. The van der Waals surface area contributed by atoms with Crippen LogP contribution in [-0.2, 0) is 19.7 Å². The lowest BCUT2D eigenvalue weighted by Crippen LogP contribution is -2.75. The molecule has 37 heavy (non-hydrogen) atoms. The molecule has 24 heteroatoms. The number of hydrogen-bond acceptors (Lipinski definition) is 5. The lowest BCUT2D eigenvalue weighted by molar-refractivity contribution is -0.458. The molecule has 1 rings (SSSR count). The van der Waals surface area contributed by atoms with Gasteiger partial charge in [-0.1, -0.05) is 0 Å². The van der Waals surface area contributed by atoms with Crippen molar-refractivity contribution < 1.29 is 91.5 Å². The largest absolute Gasteiger partial charge is 0.460 e. The van der Waals surface area contributed by atoms with E-state index in [0.29, 0.717) is 0 Å². The number of thiophene rings is 1. The van der Waals surface area contributed by atoms with Crippen molar-refractivity contribution in [1.82, 2.24) is 0 Å². The Labute approximate surface area is 196 Å². The summed E-state index contributed by atoms with van der Waals surface area (Å²) in [5.74, 6) is -52.3. The van der Waals surface area contributed by atoms with Crippen molar-refractivity contribution in [2.45, 2.75) is 56.8 Å². The fourth-order valence-electron chi connectivity index (χ4n) is 2.20. The smallest absolute Gasteiger partial charge is 0.224 e. The van der Waals surface area contributed by atoms with Crippen LogP contribution < -0.4 is 0 Å². The molecular weight excluding hydrogens is 639 g/mol. The Morgan fingerprint density at radius 2 is 0.811 bits per heavy atom. The third kappa shape index (κ3) is 4.23. The van der Waals surface area contributed by atoms with E-state index in [1.807, 2.05) is 0 Å². The summed E-state index contributed by atoms with van der Waals surface area (Å²) in [4.78, 5) is -4.34. The zero-order valence-electron chi connectivity index (χ0n) is 16.4. The standard InChI is InChI=1S/C13H5F17O4S3/c1-36(31,32)4-2-35-3-5(4)37(33,34)13(29,30)11(24,25)9(20,21)7(16,17)6(14,15)8(18,19)10(22,23)12(26,27)28/h2-3H,1H3. The van der Waals surface area contributed by atoms with E-state index in [1.54, 1.807) is 0 Å². The van der Waals surface area contributed by atoms with E-state index in [1.165, 1.54) is 0 Å². The van der Waals surface area contributed by atoms with Crippen LogP contribution in [0.3, 0.4) is 0 Å². The summed E-state index contributed by atoms with van der Waals surface area (Å²) in [7, 11) is -12.7. The normalized spacial score (nSPS) is 16.3.